The number of nitrogens with zero attached hydrogens (tertiary/aromatic N) is 2. The predicted molar refractivity (Wildman–Crippen MR) is 92.2 cm³/mol. The molecule has 0 aliphatic heterocycles. The lowest BCUT2D eigenvalue weighted by Gasteiger charge is -2.26. The molecule has 0 saturated heterocycles. The topological polar surface area (TPSA) is 28.2 Å². The van der Waals surface area contributed by atoms with E-state index in [4.69, 9.17) is 4.98 Å². The summed E-state index contributed by atoms with van der Waals surface area (Å²) in [4.78, 5) is 8.68. The van der Waals surface area contributed by atoms with Gasteiger partial charge in [0.25, 0.3) is 0 Å². The van der Waals surface area contributed by atoms with Gasteiger partial charge in [0.1, 0.15) is 0 Å². The molecule has 4 heteroatoms. The van der Waals surface area contributed by atoms with Gasteiger partial charge in [-0.05, 0) is 40.7 Å². The van der Waals surface area contributed by atoms with Crippen molar-refractivity contribution in [1.29, 1.82) is 0 Å². The molecule has 0 aromatic carbocycles. The maximum Gasteiger partial charge on any atom is 0.0985 e. The number of rotatable bonds is 6. The fraction of sp³-hybridized carbons (Fsp3) is 0.824. The first-order chi connectivity index (χ1) is 9.70. The average molecular weight is 310 g/mol. The quantitative estimate of drug-likeness (QED) is 0.864. The minimum atomic E-state index is 0.146. The Bertz CT molecular complexity index is 471. The van der Waals surface area contributed by atoms with Crippen LogP contribution < -0.4 is 5.32 Å². The van der Waals surface area contributed by atoms with E-state index in [9.17, 15) is 0 Å². The summed E-state index contributed by atoms with van der Waals surface area (Å²) in [5.41, 5.74) is 1.33. The van der Waals surface area contributed by atoms with E-state index < -0.39 is 0 Å². The van der Waals surface area contributed by atoms with Crippen LogP contribution in [0.1, 0.15) is 69.1 Å². The van der Waals surface area contributed by atoms with Gasteiger partial charge in [0.05, 0.1) is 10.7 Å². The average Bonchev–Trinajstić information content (AvgIpc) is 3.16. The second kappa shape index (κ2) is 6.35. The van der Waals surface area contributed by atoms with Crippen molar-refractivity contribution in [2.45, 2.75) is 77.9 Å². The molecule has 1 aromatic rings. The van der Waals surface area contributed by atoms with Gasteiger partial charge in [-0.15, -0.1) is 11.3 Å². The largest absolute Gasteiger partial charge is 0.308 e. The molecule has 1 fully saturated rings. The van der Waals surface area contributed by atoms with Gasteiger partial charge in [-0.1, -0.05) is 20.8 Å². The molecular formula is C17H31N3S. The number of thiazole rings is 1. The number of hydrogen-bond donors (Lipinski definition) is 1. The Balaban J connectivity index is 1.93. The van der Waals surface area contributed by atoms with Gasteiger partial charge in [0.15, 0.2) is 0 Å². The normalized spacial score (nSPS) is 19.0. The summed E-state index contributed by atoms with van der Waals surface area (Å²) in [5, 5.41) is 4.94. The summed E-state index contributed by atoms with van der Waals surface area (Å²) in [5.74, 6) is 0. The number of aryl methyl sites for hydroxylation is 1. The first-order valence-electron chi connectivity index (χ1n) is 8.13. The number of aromatic nitrogens is 1. The van der Waals surface area contributed by atoms with Crippen molar-refractivity contribution in [1.82, 2.24) is 15.2 Å². The molecule has 3 nitrogen and oxygen atoms in total. The van der Waals surface area contributed by atoms with Crippen LogP contribution >= 0.6 is 11.3 Å². The van der Waals surface area contributed by atoms with Crippen molar-refractivity contribution in [3.8, 4) is 0 Å². The van der Waals surface area contributed by atoms with Crippen molar-refractivity contribution in [2.24, 2.45) is 0 Å². The molecule has 0 spiro atoms. The van der Waals surface area contributed by atoms with Crippen LogP contribution in [0, 0.1) is 6.92 Å². The standard InChI is InChI=1S/C17H31N3S/c1-11(20(7)14-8-9-14)10-18-12(2)15-13(3)19-16(21-15)17(4,5)6/h11-12,14,18H,8-10H2,1-7H3. The minimum absolute atomic E-state index is 0.146. The number of nitrogens with one attached hydrogen (secondary N) is 1. The summed E-state index contributed by atoms with van der Waals surface area (Å²) >= 11 is 1.87. The number of hydrogen-bond acceptors (Lipinski definition) is 4. The zero-order valence-electron chi connectivity index (χ0n) is 14.7. The molecule has 0 amide bonds. The highest BCUT2D eigenvalue weighted by Crippen LogP contribution is 2.32. The van der Waals surface area contributed by atoms with E-state index in [0.29, 0.717) is 12.1 Å². The SMILES string of the molecule is Cc1nc(C(C)(C)C)sc1C(C)NCC(C)N(C)C1CC1. The Morgan fingerprint density at radius 2 is 1.95 bits per heavy atom. The molecule has 1 N–H and O–H groups in total. The molecule has 2 unspecified atom stereocenters. The van der Waals surface area contributed by atoms with Gasteiger partial charge in [-0.2, -0.15) is 0 Å². The van der Waals surface area contributed by atoms with Crippen molar-refractivity contribution < 1.29 is 0 Å². The summed E-state index contributed by atoms with van der Waals surface area (Å²) in [6, 6.07) is 1.80. The second-order valence-corrected chi connectivity index (χ2v) is 8.62. The van der Waals surface area contributed by atoms with Crippen LogP contribution in [0.2, 0.25) is 0 Å². The van der Waals surface area contributed by atoms with Gasteiger partial charge >= 0.3 is 0 Å². The van der Waals surface area contributed by atoms with Crippen molar-refractivity contribution in [3.63, 3.8) is 0 Å². The first kappa shape index (κ1) is 16.9. The molecule has 21 heavy (non-hydrogen) atoms. The highest BCUT2D eigenvalue weighted by Gasteiger charge is 2.29. The lowest BCUT2D eigenvalue weighted by atomic mass is 9.98. The zero-order valence-corrected chi connectivity index (χ0v) is 15.5. The molecule has 1 heterocycles. The van der Waals surface area contributed by atoms with E-state index in [-0.39, 0.29) is 5.41 Å². The first-order valence-corrected chi connectivity index (χ1v) is 8.95. The van der Waals surface area contributed by atoms with Crippen LogP contribution in [0.3, 0.4) is 0 Å². The lowest BCUT2D eigenvalue weighted by molar-refractivity contribution is 0.237. The monoisotopic (exact) mass is 309 g/mol. The Hall–Kier alpha value is -0.450. The van der Waals surface area contributed by atoms with Gasteiger partial charge in [0.2, 0.25) is 0 Å². The molecule has 0 radical (unpaired) electrons. The Morgan fingerprint density at radius 1 is 1.33 bits per heavy atom. The third-order valence-corrected chi connectivity index (χ3v) is 6.17. The molecule has 0 bridgehead atoms. The van der Waals surface area contributed by atoms with Crippen LogP contribution in [-0.2, 0) is 5.41 Å². The molecular weight excluding hydrogens is 278 g/mol. The third kappa shape index (κ3) is 4.27. The van der Waals surface area contributed by atoms with Crippen LogP contribution in [0.5, 0.6) is 0 Å². The molecule has 2 rings (SSSR count). The smallest absolute Gasteiger partial charge is 0.0985 e. The van der Waals surface area contributed by atoms with E-state index in [1.807, 2.05) is 11.3 Å². The van der Waals surface area contributed by atoms with E-state index in [1.54, 1.807) is 0 Å². The molecule has 1 aromatic heterocycles. The van der Waals surface area contributed by atoms with E-state index in [1.165, 1.54) is 28.4 Å². The zero-order chi connectivity index (χ0) is 15.8. The second-order valence-electron chi connectivity index (χ2n) is 7.59. The van der Waals surface area contributed by atoms with Gasteiger partial charge in [-0.3, -0.25) is 4.90 Å². The fourth-order valence-corrected chi connectivity index (χ4v) is 3.71. The summed E-state index contributed by atoms with van der Waals surface area (Å²) in [6.45, 7) is 14.5. The van der Waals surface area contributed by atoms with Gasteiger partial charge in [-0.25, -0.2) is 4.98 Å². The highest BCUT2D eigenvalue weighted by atomic mass is 32.1. The maximum atomic E-state index is 4.77. The lowest BCUT2D eigenvalue weighted by Crippen LogP contribution is -2.39. The Labute approximate surface area is 134 Å². The molecule has 1 aliphatic carbocycles. The van der Waals surface area contributed by atoms with Crippen LogP contribution in [-0.4, -0.2) is 35.6 Å². The minimum Gasteiger partial charge on any atom is -0.308 e. The molecule has 1 aliphatic rings. The van der Waals surface area contributed by atoms with Gasteiger partial charge < -0.3 is 5.32 Å². The van der Waals surface area contributed by atoms with Crippen molar-refractivity contribution in [2.75, 3.05) is 13.6 Å². The van der Waals surface area contributed by atoms with Crippen molar-refractivity contribution in [3.05, 3.63) is 15.6 Å². The predicted octanol–water partition coefficient (Wildman–Crippen LogP) is 3.88. The maximum absolute atomic E-state index is 4.77. The number of likely N-dealkylation sites (N-methyl/N-ethyl adjacent to an activating group) is 1. The third-order valence-electron chi connectivity index (χ3n) is 4.40. The summed E-state index contributed by atoms with van der Waals surface area (Å²) in [7, 11) is 2.25. The van der Waals surface area contributed by atoms with Crippen LogP contribution in [0.4, 0.5) is 0 Å². The van der Waals surface area contributed by atoms with Gasteiger partial charge in [0, 0.05) is 35.0 Å². The van der Waals surface area contributed by atoms with Crippen LogP contribution in [0.25, 0.3) is 0 Å². The Morgan fingerprint density at radius 3 is 2.43 bits per heavy atom. The fourth-order valence-electron chi connectivity index (χ4n) is 2.56. The molecule has 2 atom stereocenters. The summed E-state index contributed by atoms with van der Waals surface area (Å²) in [6.07, 6.45) is 2.75. The molecule has 1 saturated carbocycles. The van der Waals surface area contributed by atoms with E-state index >= 15 is 0 Å². The van der Waals surface area contributed by atoms with E-state index in [0.717, 1.165) is 12.6 Å². The van der Waals surface area contributed by atoms with E-state index in [2.05, 4.69) is 58.8 Å². The summed E-state index contributed by atoms with van der Waals surface area (Å²) < 4.78 is 0. The van der Waals surface area contributed by atoms with Crippen molar-refractivity contribution >= 4 is 11.3 Å². The molecule has 120 valence electrons. The highest BCUT2D eigenvalue weighted by molar-refractivity contribution is 7.12. The Kier molecular flexibility index (Phi) is 5.11. The van der Waals surface area contributed by atoms with Crippen LogP contribution in [0.15, 0.2) is 0 Å².